The van der Waals surface area contributed by atoms with Gasteiger partial charge in [-0.3, -0.25) is 4.79 Å². The third-order valence-corrected chi connectivity index (χ3v) is 4.91. The summed E-state index contributed by atoms with van der Waals surface area (Å²) in [7, 11) is 0. The summed E-state index contributed by atoms with van der Waals surface area (Å²) in [4.78, 5) is 39.3. The predicted octanol–water partition coefficient (Wildman–Crippen LogP) is 2.39. The van der Waals surface area contributed by atoms with E-state index in [2.05, 4.69) is 5.32 Å². The highest BCUT2D eigenvalue weighted by Crippen LogP contribution is 2.22. The summed E-state index contributed by atoms with van der Waals surface area (Å²) in [6.45, 7) is 2.46. The number of nitrogens with zero attached hydrogens (tertiary/aromatic N) is 2. The number of likely N-dealkylation sites (tertiary alicyclic amines) is 2. The van der Waals surface area contributed by atoms with Crippen molar-refractivity contribution >= 4 is 23.6 Å². The van der Waals surface area contributed by atoms with E-state index in [1.165, 1.54) is 12.1 Å². The normalized spacial score (nSPS) is 20.1. The van der Waals surface area contributed by atoms with Crippen molar-refractivity contribution in [3.8, 4) is 0 Å². The molecule has 2 aliphatic heterocycles. The Kier molecular flexibility index (Phi) is 5.39. The number of amides is 3. The number of carboxylic acid groups (broad SMARTS) is 1. The lowest BCUT2D eigenvalue weighted by Gasteiger charge is -2.34. The number of aromatic carboxylic acids is 1. The van der Waals surface area contributed by atoms with Gasteiger partial charge in [-0.1, -0.05) is 0 Å². The molecule has 0 aliphatic carbocycles. The van der Waals surface area contributed by atoms with Crippen LogP contribution in [0.2, 0.25) is 0 Å². The fourth-order valence-corrected chi connectivity index (χ4v) is 3.46. The third-order valence-electron chi connectivity index (χ3n) is 4.91. The molecular weight excluding hydrogens is 341 g/mol. The molecule has 2 heterocycles. The summed E-state index contributed by atoms with van der Waals surface area (Å²) < 4.78 is 14.0. The number of nitrogens with one attached hydrogen (secondary N) is 1. The van der Waals surface area contributed by atoms with Crippen molar-refractivity contribution in [2.45, 2.75) is 25.7 Å². The molecule has 2 N–H and O–H groups in total. The summed E-state index contributed by atoms with van der Waals surface area (Å²) in [6, 6.07) is 3.33. The largest absolute Gasteiger partial charge is 0.478 e. The standard InChI is InChI=1S/C18H22FN3O4/c19-14-10-12(17(24)25)5-6-15(14)20-16(23)13-4-3-9-22(11-13)18(26)21-7-1-2-8-21/h5-6,10,13H,1-4,7-9,11H2,(H,20,23)(H,24,25). The first-order valence-electron chi connectivity index (χ1n) is 8.83. The van der Waals surface area contributed by atoms with Gasteiger partial charge < -0.3 is 20.2 Å². The van der Waals surface area contributed by atoms with E-state index >= 15 is 0 Å². The van der Waals surface area contributed by atoms with Gasteiger partial charge in [0.15, 0.2) is 0 Å². The molecule has 0 aromatic heterocycles. The molecule has 140 valence electrons. The van der Waals surface area contributed by atoms with Gasteiger partial charge >= 0.3 is 12.0 Å². The number of carbonyl (C=O) groups excluding carboxylic acids is 2. The summed E-state index contributed by atoms with van der Waals surface area (Å²) in [5, 5.41) is 11.4. The zero-order valence-corrected chi connectivity index (χ0v) is 14.4. The maximum atomic E-state index is 14.0. The molecule has 0 saturated carbocycles. The second kappa shape index (κ2) is 7.72. The van der Waals surface area contributed by atoms with E-state index in [0.29, 0.717) is 19.5 Å². The van der Waals surface area contributed by atoms with Gasteiger partial charge in [0, 0.05) is 26.2 Å². The van der Waals surface area contributed by atoms with Crippen molar-refractivity contribution in [1.82, 2.24) is 9.80 Å². The van der Waals surface area contributed by atoms with Crippen molar-refractivity contribution in [2.75, 3.05) is 31.5 Å². The van der Waals surface area contributed by atoms with Crippen LogP contribution < -0.4 is 5.32 Å². The molecule has 2 aliphatic rings. The van der Waals surface area contributed by atoms with E-state index in [0.717, 1.165) is 38.4 Å². The third kappa shape index (κ3) is 3.95. The van der Waals surface area contributed by atoms with Crippen LogP contribution in [0.4, 0.5) is 14.9 Å². The zero-order chi connectivity index (χ0) is 18.7. The predicted molar refractivity (Wildman–Crippen MR) is 92.5 cm³/mol. The summed E-state index contributed by atoms with van der Waals surface area (Å²) in [5.74, 6) is -2.79. The first kappa shape index (κ1) is 18.2. The Bertz CT molecular complexity index is 718. The number of hydrogen-bond acceptors (Lipinski definition) is 3. The first-order chi connectivity index (χ1) is 12.5. The Balaban J connectivity index is 1.62. The quantitative estimate of drug-likeness (QED) is 0.863. The van der Waals surface area contributed by atoms with Gasteiger partial charge in [0.25, 0.3) is 0 Å². The SMILES string of the molecule is O=C(O)c1ccc(NC(=O)C2CCCN(C(=O)N3CCCC3)C2)c(F)c1. The number of urea groups is 1. The maximum absolute atomic E-state index is 14.0. The zero-order valence-electron chi connectivity index (χ0n) is 14.4. The molecule has 2 saturated heterocycles. The lowest BCUT2D eigenvalue weighted by Crippen LogP contribution is -2.48. The van der Waals surface area contributed by atoms with Crippen LogP contribution in [0, 0.1) is 11.7 Å². The molecule has 26 heavy (non-hydrogen) atoms. The van der Waals surface area contributed by atoms with Crippen molar-refractivity contribution in [3.63, 3.8) is 0 Å². The van der Waals surface area contributed by atoms with Gasteiger partial charge in [-0.15, -0.1) is 0 Å². The molecular formula is C18H22FN3O4. The van der Waals surface area contributed by atoms with Crippen LogP contribution in [-0.4, -0.2) is 59.0 Å². The topological polar surface area (TPSA) is 90.0 Å². The van der Waals surface area contributed by atoms with Crippen molar-refractivity contribution in [2.24, 2.45) is 5.92 Å². The minimum absolute atomic E-state index is 0.0306. The molecule has 1 aromatic carbocycles. The monoisotopic (exact) mass is 363 g/mol. The Hall–Kier alpha value is -2.64. The second-order valence-electron chi connectivity index (χ2n) is 6.75. The fraction of sp³-hybridized carbons (Fsp3) is 0.500. The summed E-state index contributed by atoms with van der Waals surface area (Å²) in [5.41, 5.74) is -0.233. The average molecular weight is 363 g/mol. The Morgan fingerprint density at radius 2 is 1.77 bits per heavy atom. The maximum Gasteiger partial charge on any atom is 0.335 e. The number of halogens is 1. The van der Waals surface area contributed by atoms with Crippen molar-refractivity contribution in [1.29, 1.82) is 0 Å². The van der Waals surface area contributed by atoms with Gasteiger partial charge in [-0.05, 0) is 43.9 Å². The molecule has 2 fully saturated rings. The molecule has 1 atom stereocenters. The van der Waals surface area contributed by atoms with Crippen LogP contribution in [-0.2, 0) is 4.79 Å². The van der Waals surface area contributed by atoms with E-state index in [1.54, 1.807) is 4.90 Å². The van der Waals surface area contributed by atoms with E-state index in [-0.39, 0.29) is 23.2 Å². The van der Waals surface area contributed by atoms with Gasteiger partial charge in [0.2, 0.25) is 5.91 Å². The smallest absolute Gasteiger partial charge is 0.335 e. The lowest BCUT2D eigenvalue weighted by atomic mass is 9.97. The van der Waals surface area contributed by atoms with Gasteiger partial charge in [-0.2, -0.15) is 0 Å². The Labute approximate surface area is 150 Å². The molecule has 0 radical (unpaired) electrons. The molecule has 1 aromatic rings. The Morgan fingerprint density at radius 1 is 1.08 bits per heavy atom. The molecule has 0 bridgehead atoms. The van der Waals surface area contributed by atoms with Crippen LogP contribution >= 0.6 is 0 Å². The number of rotatable bonds is 3. The molecule has 3 amide bonds. The van der Waals surface area contributed by atoms with E-state index < -0.39 is 17.7 Å². The molecule has 0 spiro atoms. The number of hydrogen-bond donors (Lipinski definition) is 2. The first-order valence-corrected chi connectivity index (χ1v) is 8.83. The van der Waals surface area contributed by atoms with E-state index in [4.69, 9.17) is 5.11 Å². The number of benzene rings is 1. The fourth-order valence-electron chi connectivity index (χ4n) is 3.46. The van der Waals surface area contributed by atoms with Crippen molar-refractivity contribution < 1.29 is 23.9 Å². The molecule has 7 nitrogen and oxygen atoms in total. The van der Waals surface area contributed by atoms with Gasteiger partial charge in [0.05, 0.1) is 17.2 Å². The average Bonchev–Trinajstić information content (AvgIpc) is 3.17. The summed E-state index contributed by atoms with van der Waals surface area (Å²) >= 11 is 0. The number of carbonyl (C=O) groups is 3. The van der Waals surface area contributed by atoms with Crippen LogP contribution in [0.3, 0.4) is 0 Å². The second-order valence-corrected chi connectivity index (χ2v) is 6.75. The highest BCUT2D eigenvalue weighted by Gasteiger charge is 2.31. The summed E-state index contributed by atoms with van der Waals surface area (Å²) in [6.07, 6.45) is 3.37. The highest BCUT2D eigenvalue weighted by molar-refractivity contribution is 5.94. The number of piperidine rings is 1. The van der Waals surface area contributed by atoms with E-state index in [9.17, 15) is 18.8 Å². The van der Waals surface area contributed by atoms with Crippen molar-refractivity contribution in [3.05, 3.63) is 29.6 Å². The lowest BCUT2D eigenvalue weighted by molar-refractivity contribution is -0.121. The minimum atomic E-state index is -1.23. The molecule has 8 heteroatoms. The van der Waals surface area contributed by atoms with Crippen LogP contribution in [0.5, 0.6) is 0 Å². The van der Waals surface area contributed by atoms with Gasteiger partial charge in [0.1, 0.15) is 5.82 Å². The van der Waals surface area contributed by atoms with Crippen LogP contribution in [0.15, 0.2) is 18.2 Å². The molecule has 3 rings (SSSR count). The minimum Gasteiger partial charge on any atom is -0.478 e. The van der Waals surface area contributed by atoms with E-state index in [1.807, 2.05) is 4.90 Å². The van der Waals surface area contributed by atoms with Crippen LogP contribution in [0.1, 0.15) is 36.0 Å². The van der Waals surface area contributed by atoms with Gasteiger partial charge in [-0.25, -0.2) is 14.0 Å². The highest BCUT2D eigenvalue weighted by atomic mass is 19.1. The van der Waals surface area contributed by atoms with Crippen LogP contribution in [0.25, 0.3) is 0 Å². The number of anilines is 1. The molecule has 1 unspecified atom stereocenters. The number of carboxylic acids is 1. The Morgan fingerprint density at radius 3 is 2.42 bits per heavy atom.